The number of hydrogen-bond acceptors (Lipinski definition) is 1. The number of carbonyl (C=O) groups is 1. The molecule has 0 saturated heterocycles. The Hall–Kier alpha value is -2.85. The van der Waals surface area contributed by atoms with Crippen molar-refractivity contribution in [2.75, 3.05) is 0 Å². The number of fused-ring (bicyclic) bond motifs is 1. The molecule has 1 heteroatoms. The number of ketones is 1. The molecule has 0 aromatic heterocycles. The van der Waals surface area contributed by atoms with E-state index in [0.717, 1.165) is 11.1 Å². The van der Waals surface area contributed by atoms with Crippen molar-refractivity contribution in [3.05, 3.63) is 83.4 Å². The minimum Gasteiger partial charge on any atom is -0.285 e. The largest absolute Gasteiger partial charge is 0.285 e. The average molecular weight is 312 g/mol. The number of Topliss-reactive ketones (excluding diaryl/α,β-unsaturated/α-hetero) is 1. The van der Waals surface area contributed by atoms with Crippen LogP contribution < -0.4 is 0 Å². The molecular weight excluding hydrogens is 292 g/mol. The highest BCUT2D eigenvalue weighted by Crippen LogP contribution is 2.27. The monoisotopic (exact) mass is 312 g/mol. The van der Waals surface area contributed by atoms with Crippen LogP contribution in [-0.2, 0) is 4.79 Å². The van der Waals surface area contributed by atoms with E-state index >= 15 is 0 Å². The second-order valence-corrected chi connectivity index (χ2v) is 6.22. The zero-order chi connectivity index (χ0) is 16.9. The van der Waals surface area contributed by atoms with Gasteiger partial charge >= 0.3 is 0 Å². The molecular formula is C23H20O. The molecule has 0 spiro atoms. The molecule has 0 unspecified atom stereocenters. The van der Waals surface area contributed by atoms with Crippen LogP contribution in [0, 0.1) is 18.8 Å². The van der Waals surface area contributed by atoms with Crippen LogP contribution in [0.4, 0.5) is 0 Å². The molecule has 0 N–H and O–H groups in total. The fourth-order valence-electron chi connectivity index (χ4n) is 2.98. The first-order valence-corrected chi connectivity index (χ1v) is 8.22. The van der Waals surface area contributed by atoms with E-state index in [4.69, 9.17) is 0 Å². The van der Waals surface area contributed by atoms with E-state index in [1.807, 2.05) is 43.3 Å². The Kier molecular flexibility index (Phi) is 4.77. The lowest BCUT2D eigenvalue weighted by Gasteiger charge is -2.12. The van der Waals surface area contributed by atoms with Gasteiger partial charge in [0.1, 0.15) is 0 Å². The zero-order valence-corrected chi connectivity index (χ0v) is 14.0. The summed E-state index contributed by atoms with van der Waals surface area (Å²) in [6, 6.07) is 22.5. The van der Waals surface area contributed by atoms with Gasteiger partial charge in [-0.15, -0.1) is 0 Å². The first kappa shape index (κ1) is 16.0. The Morgan fingerprint density at radius 2 is 1.75 bits per heavy atom. The number of benzene rings is 3. The lowest BCUT2D eigenvalue weighted by molar-refractivity contribution is -0.114. The normalized spacial score (nSPS) is 11.6. The quantitative estimate of drug-likeness (QED) is 0.603. The average Bonchev–Trinajstić information content (AvgIpc) is 2.59. The summed E-state index contributed by atoms with van der Waals surface area (Å²) in [4.78, 5) is 12.2. The predicted molar refractivity (Wildman–Crippen MR) is 100 cm³/mol. The van der Waals surface area contributed by atoms with Gasteiger partial charge < -0.3 is 0 Å². The third kappa shape index (κ3) is 3.73. The maximum absolute atomic E-state index is 12.2. The van der Waals surface area contributed by atoms with Crippen LogP contribution in [0.15, 0.2) is 66.7 Å². The van der Waals surface area contributed by atoms with Gasteiger partial charge in [0, 0.05) is 12.0 Å². The molecule has 24 heavy (non-hydrogen) atoms. The van der Waals surface area contributed by atoms with E-state index in [-0.39, 0.29) is 11.7 Å². The molecule has 3 aromatic carbocycles. The molecule has 0 amide bonds. The topological polar surface area (TPSA) is 17.1 Å². The first-order valence-electron chi connectivity index (χ1n) is 8.22. The van der Waals surface area contributed by atoms with Gasteiger partial charge in [0.05, 0.1) is 0 Å². The lowest BCUT2D eigenvalue weighted by atomic mass is 9.91. The van der Waals surface area contributed by atoms with Crippen LogP contribution in [0.25, 0.3) is 10.8 Å². The second-order valence-electron chi connectivity index (χ2n) is 6.22. The number of aryl methyl sites for hydroxylation is 1. The smallest absolute Gasteiger partial charge is 0.206 e. The minimum atomic E-state index is -0.0167. The Balaban J connectivity index is 1.77. The number of carbonyl (C=O) groups excluding carboxylic acids is 1. The molecule has 3 rings (SSSR count). The highest BCUT2D eigenvalue weighted by atomic mass is 16.1. The molecule has 0 saturated carbocycles. The van der Waals surface area contributed by atoms with E-state index in [1.165, 1.54) is 16.3 Å². The summed E-state index contributed by atoms with van der Waals surface area (Å²) in [6.07, 6.45) is 0.437. The molecule has 0 fully saturated rings. The van der Waals surface area contributed by atoms with Crippen LogP contribution in [0.3, 0.4) is 0 Å². The van der Waals surface area contributed by atoms with Crippen LogP contribution in [-0.4, -0.2) is 5.78 Å². The van der Waals surface area contributed by atoms with E-state index in [1.54, 1.807) is 0 Å². The highest BCUT2D eigenvalue weighted by molar-refractivity contribution is 5.97. The van der Waals surface area contributed by atoms with Crippen molar-refractivity contribution in [1.29, 1.82) is 0 Å². The molecule has 0 aliphatic rings. The molecule has 0 aliphatic heterocycles. The number of rotatable bonds is 3. The first-order chi connectivity index (χ1) is 11.6. The molecule has 0 heterocycles. The summed E-state index contributed by atoms with van der Waals surface area (Å²) in [7, 11) is 0. The van der Waals surface area contributed by atoms with Gasteiger partial charge in [-0.3, -0.25) is 4.79 Å². The van der Waals surface area contributed by atoms with Crippen molar-refractivity contribution in [3.63, 3.8) is 0 Å². The van der Waals surface area contributed by atoms with E-state index in [2.05, 4.69) is 49.1 Å². The van der Waals surface area contributed by atoms with Gasteiger partial charge in [-0.1, -0.05) is 67.4 Å². The second kappa shape index (κ2) is 7.15. The Labute approximate surface area is 143 Å². The van der Waals surface area contributed by atoms with Gasteiger partial charge in [-0.25, -0.2) is 0 Å². The molecule has 0 radical (unpaired) electrons. The maximum atomic E-state index is 12.2. The summed E-state index contributed by atoms with van der Waals surface area (Å²) in [5, 5.41) is 2.42. The fraction of sp³-hybridized carbons (Fsp3) is 0.174. The van der Waals surface area contributed by atoms with Gasteiger partial charge in [-0.05, 0) is 52.8 Å². The summed E-state index contributed by atoms with van der Waals surface area (Å²) < 4.78 is 0. The molecule has 3 aromatic rings. The van der Waals surface area contributed by atoms with Crippen molar-refractivity contribution in [3.8, 4) is 11.8 Å². The molecule has 0 aliphatic carbocycles. The lowest BCUT2D eigenvalue weighted by Crippen LogP contribution is -2.03. The Morgan fingerprint density at radius 3 is 2.58 bits per heavy atom. The molecule has 1 nitrogen and oxygen atoms in total. The van der Waals surface area contributed by atoms with E-state index < -0.39 is 0 Å². The van der Waals surface area contributed by atoms with E-state index in [0.29, 0.717) is 6.42 Å². The molecule has 1 atom stereocenters. The summed E-state index contributed by atoms with van der Waals surface area (Å²) in [6.45, 7) is 4.11. The van der Waals surface area contributed by atoms with E-state index in [9.17, 15) is 4.79 Å². The third-order valence-corrected chi connectivity index (χ3v) is 4.21. The SMILES string of the molecule is Cc1cccc(C#CC(=O)C[C@H](C)c2cccc3ccccc23)c1. The van der Waals surface area contributed by atoms with Gasteiger partial charge in [0.2, 0.25) is 5.78 Å². The predicted octanol–water partition coefficient (Wildman–Crippen LogP) is 5.26. The zero-order valence-electron chi connectivity index (χ0n) is 14.0. The summed E-state index contributed by atoms with van der Waals surface area (Å²) in [5.74, 6) is 5.90. The van der Waals surface area contributed by atoms with Crippen molar-refractivity contribution < 1.29 is 4.79 Å². The van der Waals surface area contributed by atoms with Gasteiger partial charge in [0.25, 0.3) is 0 Å². The molecule has 118 valence electrons. The van der Waals surface area contributed by atoms with Crippen molar-refractivity contribution in [2.24, 2.45) is 0 Å². The summed E-state index contributed by atoms with van der Waals surface area (Å²) in [5.41, 5.74) is 3.25. The summed E-state index contributed by atoms with van der Waals surface area (Å²) >= 11 is 0. The van der Waals surface area contributed by atoms with Crippen molar-refractivity contribution in [2.45, 2.75) is 26.2 Å². The minimum absolute atomic E-state index is 0.0167. The van der Waals surface area contributed by atoms with Crippen molar-refractivity contribution in [1.82, 2.24) is 0 Å². The van der Waals surface area contributed by atoms with Crippen LogP contribution in [0.1, 0.15) is 36.0 Å². The maximum Gasteiger partial charge on any atom is 0.206 e. The van der Waals surface area contributed by atoms with Crippen LogP contribution >= 0.6 is 0 Å². The van der Waals surface area contributed by atoms with Crippen LogP contribution in [0.2, 0.25) is 0 Å². The van der Waals surface area contributed by atoms with Crippen molar-refractivity contribution >= 4 is 16.6 Å². The highest BCUT2D eigenvalue weighted by Gasteiger charge is 2.12. The Morgan fingerprint density at radius 1 is 1.00 bits per heavy atom. The van der Waals surface area contributed by atoms with Gasteiger partial charge in [0.15, 0.2) is 0 Å². The number of hydrogen-bond donors (Lipinski definition) is 0. The fourth-order valence-corrected chi connectivity index (χ4v) is 2.98. The third-order valence-electron chi connectivity index (χ3n) is 4.21. The Bertz CT molecular complexity index is 935. The standard InChI is InChI=1S/C23H20O/c1-17-7-5-8-19(15-17)13-14-21(24)16-18(2)22-12-6-10-20-9-3-4-11-23(20)22/h3-12,15,18H,16H2,1-2H3/t18-/m0/s1. The molecule has 0 bridgehead atoms. The van der Waals surface area contributed by atoms with Gasteiger partial charge in [-0.2, -0.15) is 0 Å². The van der Waals surface area contributed by atoms with Crippen LogP contribution in [0.5, 0.6) is 0 Å².